The molecule has 234 valence electrons. The van der Waals surface area contributed by atoms with Crippen LogP contribution in [-0.4, -0.2) is 19.1 Å². The van der Waals surface area contributed by atoms with E-state index in [0.29, 0.717) is 11.5 Å². The second-order valence-corrected chi connectivity index (χ2v) is 12.8. The fourth-order valence-corrected chi connectivity index (χ4v) is 7.77. The molecule has 1 aliphatic carbocycles. The summed E-state index contributed by atoms with van der Waals surface area (Å²) >= 11 is 0. The molecule has 0 saturated heterocycles. The monoisotopic (exact) mass is 639 g/mol. The number of nitriles is 1. The van der Waals surface area contributed by atoms with Gasteiger partial charge < -0.3 is 9.13 Å². The van der Waals surface area contributed by atoms with Crippen LogP contribution in [0.5, 0.6) is 0 Å². The van der Waals surface area contributed by atoms with Gasteiger partial charge in [-0.05, 0) is 90.7 Å². The molecule has 3 aromatic heterocycles. The lowest BCUT2D eigenvalue weighted by molar-refractivity contribution is 1.02. The molecule has 0 amide bonds. The Balaban J connectivity index is 1.15. The van der Waals surface area contributed by atoms with E-state index in [1.54, 1.807) is 0 Å². The van der Waals surface area contributed by atoms with Crippen molar-refractivity contribution in [2.24, 2.45) is 0 Å². The number of nitrogens with zero attached hydrogens (tertiary/aromatic N) is 5. The first kappa shape index (κ1) is 28.3. The Morgan fingerprint density at radius 3 is 2.06 bits per heavy atom. The standard InChI is InChI=1S/C45H29N5/c46-28-39-36-14-4-7-17-38(36)47-45(48-39)29-21-24-32(25-22-29)49-41-19-9-6-15-37(41)44-33(16-10-20-42(44)49)30-23-26-35-34-13-5-8-18-40(34)50(43(35)27-30)31-11-2-1-3-12-31/h2,4-27H,1,3H2. The van der Waals surface area contributed by atoms with Crippen molar-refractivity contribution in [3.05, 3.63) is 157 Å². The first-order valence-corrected chi connectivity index (χ1v) is 17.0. The van der Waals surface area contributed by atoms with E-state index < -0.39 is 0 Å². The predicted molar refractivity (Wildman–Crippen MR) is 205 cm³/mol. The van der Waals surface area contributed by atoms with Crippen LogP contribution < -0.4 is 0 Å². The Hall–Kier alpha value is -6.77. The molecular formula is C45H29N5. The molecule has 10 rings (SSSR count). The maximum Gasteiger partial charge on any atom is 0.161 e. The zero-order valence-corrected chi connectivity index (χ0v) is 27.1. The fourth-order valence-electron chi connectivity index (χ4n) is 7.77. The average molecular weight is 640 g/mol. The molecule has 0 saturated carbocycles. The van der Waals surface area contributed by atoms with Crippen LogP contribution in [0.3, 0.4) is 0 Å². The van der Waals surface area contributed by atoms with Crippen molar-refractivity contribution >= 4 is 60.2 Å². The van der Waals surface area contributed by atoms with E-state index in [2.05, 4.69) is 135 Å². The highest BCUT2D eigenvalue weighted by Gasteiger charge is 2.19. The second-order valence-electron chi connectivity index (χ2n) is 12.8. The summed E-state index contributed by atoms with van der Waals surface area (Å²) in [5, 5.41) is 15.5. The zero-order chi connectivity index (χ0) is 33.2. The molecule has 3 heterocycles. The third-order valence-corrected chi connectivity index (χ3v) is 10.0. The van der Waals surface area contributed by atoms with E-state index in [1.165, 1.54) is 49.4 Å². The molecule has 0 atom stereocenters. The molecule has 0 unspecified atom stereocenters. The van der Waals surface area contributed by atoms with Gasteiger partial charge >= 0.3 is 0 Å². The van der Waals surface area contributed by atoms with Crippen LogP contribution in [0.1, 0.15) is 18.5 Å². The lowest BCUT2D eigenvalue weighted by Crippen LogP contribution is -1.97. The van der Waals surface area contributed by atoms with Crippen molar-refractivity contribution in [3.8, 4) is 34.3 Å². The van der Waals surface area contributed by atoms with E-state index in [1.807, 2.05) is 36.4 Å². The molecule has 0 bridgehead atoms. The molecule has 50 heavy (non-hydrogen) atoms. The van der Waals surface area contributed by atoms with Crippen molar-refractivity contribution in [1.82, 2.24) is 19.1 Å². The summed E-state index contributed by atoms with van der Waals surface area (Å²) in [7, 11) is 0. The SMILES string of the molecule is N#Cc1nc(-c2ccc(-n3c4ccccc4c4c(-c5ccc6c7ccccc7n(C7=CCCC=C7)c6c5)cccc43)cc2)nc2ccccc12. The van der Waals surface area contributed by atoms with E-state index >= 15 is 0 Å². The maximum atomic E-state index is 9.79. The molecule has 0 spiro atoms. The summed E-state index contributed by atoms with van der Waals surface area (Å²) in [6, 6.07) is 49.2. The zero-order valence-electron chi connectivity index (χ0n) is 27.1. The predicted octanol–water partition coefficient (Wildman–Crippen LogP) is 11.2. The molecule has 9 aromatic rings. The van der Waals surface area contributed by atoms with Gasteiger partial charge in [0.05, 0.1) is 27.6 Å². The lowest BCUT2D eigenvalue weighted by Gasteiger charge is -2.13. The van der Waals surface area contributed by atoms with Gasteiger partial charge in [0.2, 0.25) is 0 Å². The van der Waals surface area contributed by atoms with Gasteiger partial charge in [0.25, 0.3) is 0 Å². The topological polar surface area (TPSA) is 59.4 Å². The van der Waals surface area contributed by atoms with Crippen LogP contribution in [0.15, 0.2) is 152 Å². The Morgan fingerprint density at radius 2 is 1.26 bits per heavy atom. The first-order chi connectivity index (χ1) is 24.8. The van der Waals surface area contributed by atoms with Gasteiger partial charge in [-0.2, -0.15) is 5.26 Å². The summed E-state index contributed by atoms with van der Waals surface area (Å²) in [6.45, 7) is 0. The number of allylic oxidation sites excluding steroid dienone is 4. The molecule has 5 heteroatoms. The Labute approximate surface area is 288 Å². The van der Waals surface area contributed by atoms with Gasteiger partial charge in [0.1, 0.15) is 6.07 Å². The molecule has 6 aromatic carbocycles. The second kappa shape index (κ2) is 11.2. The van der Waals surface area contributed by atoms with Crippen LogP contribution in [0.25, 0.3) is 88.4 Å². The number of rotatable bonds is 4. The van der Waals surface area contributed by atoms with Crippen LogP contribution >= 0.6 is 0 Å². The summed E-state index contributed by atoms with van der Waals surface area (Å²) in [5.74, 6) is 0.545. The van der Waals surface area contributed by atoms with Crippen molar-refractivity contribution in [2.75, 3.05) is 0 Å². The van der Waals surface area contributed by atoms with E-state index in [0.717, 1.165) is 46.0 Å². The summed E-state index contributed by atoms with van der Waals surface area (Å²) < 4.78 is 4.76. The molecule has 0 aliphatic heterocycles. The van der Waals surface area contributed by atoms with Gasteiger partial charge in [0.15, 0.2) is 11.5 Å². The van der Waals surface area contributed by atoms with Crippen molar-refractivity contribution in [1.29, 1.82) is 5.26 Å². The van der Waals surface area contributed by atoms with Crippen LogP contribution in [0, 0.1) is 11.3 Å². The van der Waals surface area contributed by atoms with Crippen molar-refractivity contribution in [2.45, 2.75) is 12.8 Å². The highest BCUT2D eigenvalue weighted by molar-refractivity contribution is 6.17. The smallest absolute Gasteiger partial charge is 0.161 e. The van der Waals surface area contributed by atoms with Crippen molar-refractivity contribution < 1.29 is 0 Å². The average Bonchev–Trinajstić information content (AvgIpc) is 3.70. The fraction of sp³-hybridized carbons (Fsp3) is 0.0444. The highest BCUT2D eigenvalue weighted by Crippen LogP contribution is 2.41. The van der Waals surface area contributed by atoms with Crippen LogP contribution in [0.2, 0.25) is 0 Å². The van der Waals surface area contributed by atoms with Gasteiger partial charge in [-0.3, -0.25) is 0 Å². The molecule has 0 fully saturated rings. The highest BCUT2D eigenvalue weighted by atomic mass is 15.0. The minimum atomic E-state index is 0.384. The number of para-hydroxylation sites is 3. The lowest BCUT2D eigenvalue weighted by atomic mass is 9.98. The third kappa shape index (κ3) is 4.25. The van der Waals surface area contributed by atoms with Crippen molar-refractivity contribution in [3.63, 3.8) is 0 Å². The summed E-state index contributed by atoms with van der Waals surface area (Å²) in [6.07, 6.45) is 9.03. The van der Waals surface area contributed by atoms with Crippen LogP contribution in [-0.2, 0) is 0 Å². The number of aromatic nitrogens is 4. The maximum absolute atomic E-state index is 9.79. The normalized spacial score (nSPS) is 13.1. The minimum Gasteiger partial charge on any atom is -0.310 e. The number of hydrogen-bond acceptors (Lipinski definition) is 3. The molecule has 1 aliphatic rings. The van der Waals surface area contributed by atoms with Gasteiger partial charge in [-0.1, -0.05) is 84.9 Å². The van der Waals surface area contributed by atoms with Gasteiger partial charge in [-0.15, -0.1) is 0 Å². The first-order valence-electron chi connectivity index (χ1n) is 17.0. The number of hydrogen-bond donors (Lipinski definition) is 0. The van der Waals surface area contributed by atoms with Gasteiger partial charge in [-0.25, -0.2) is 9.97 Å². The summed E-state index contributed by atoms with van der Waals surface area (Å²) in [4.78, 5) is 9.40. The third-order valence-electron chi connectivity index (χ3n) is 10.0. The van der Waals surface area contributed by atoms with E-state index in [9.17, 15) is 5.26 Å². The van der Waals surface area contributed by atoms with E-state index in [-0.39, 0.29) is 0 Å². The molecule has 5 nitrogen and oxygen atoms in total. The van der Waals surface area contributed by atoms with Gasteiger partial charge in [0, 0.05) is 43.9 Å². The number of benzene rings is 6. The largest absolute Gasteiger partial charge is 0.310 e. The molecular weight excluding hydrogens is 611 g/mol. The summed E-state index contributed by atoms with van der Waals surface area (Å²) in [5.41, 5.74) is 11.4. The molecule has 0 radical (unpaired) electrons. The minimum absolute atomic E-state index is 0.384. The number of fused-ring (bicyclic) bond motifs is 7. The quantitative estimate of drug-likeness (QED) is 0.192. The Kier molecular flexibility index (Phi) is 6.30. The van der Waals surface area contributed by atoms with E-state index in [4.69, 9.17) is 4.98 Å². The Morgan fingerprint density at radius 1 is 0.560 bits per heavy atom. The Bertz CT molecular complexity index is 2930. The van der Waals surface area contributed by atoms with Crippen LogP contribution in [0.4, 0.5) is 0 Å². The molecule has 0 N–H and O–H groups in total.